The molecule has 0 fully saturated rings. The summed E-state index contributed by atoms with van der Waals surface area (Å²) in [6, 6.07) is 13.2. The van der Waals surface area contributed by atoms with Gasteiger partial charge in [-0.1, -0.05) is 38.1 Å². The molecule has 0 aliphatic carbocycles. The number of carboxylic acids is 1. The van der Waals surface area contributed by atoms with Gasteiger partial charge in [0.1, 0.15) is 5.75 Å². The van der Waals surface area contributed by atoms with E-state index in [0.717, 1.165) is 5.56 Å². The lowest BCUT2D eigenvalue weighted by molar-refractivity contribution is 0.0668. The Bertz CT molecular complexity index is 657. The van der Waals surface area contributed by atoms with Gasteiger partial charge in [0.15, 0.2) is 0 Å². The van der Waals surface area contributed by atoms with Crippen molar-refractivity contribution in [2.45, 2.75) is 19.8 Å². The summed E-state index contributed by atoms with van der Waals surface area (Å²) in [5, 5.41) is 9.07. The van der Waals surface area contributed by atoms with Gasteiger partial charge in [0, 0.05) is 0 Å². The molecule has 0 saturated carbocycles. The molecule has 108 valence electrons. The summed E-state index contributed by atoms with van der Waals surface area (Å²) in [6.07, 6.45) is 0. The number of esters is 1. The highest BCUT2D eigenvalue weighted by Crippen LogP contribution is 2.20. The Kier molecular flexibility index (Phi) is 4.38. The molecule has 0 atom stereocenters. The maximum absolute atomic E-state index is 12.1. The number of carbonyl (C=O) groups is 2. The van der Waals surface area contributed by atoms with Gasteiger partial charge in [-0.25, -0.2) is 9.59 Å². The minimum Gasteiger partial charge on any atom is -0.478 e. The van der Waals surface area contributed by atoms with Gasteiger partial charge < -0.3 is 9.84 Å². The van der Waals surface area contributed by atoms with Crippen molar-refractivity contribution >= 4 is 11.9 Å². The van der Waals surface area contributed by atoms with Crippen LogP contribution in [0.4, 0.5) is 0 Å². The van der Waals surface area contributed by atoms with Crippen molar-refractivity contribution < 1.29 is 19.4 Å². The summed E-state index contributed by atoms with van der Waals surface area (Å²) >= 11 is 0. The van der Waals surface area contributed by atoms with Gasteiger partial charge in [0.2, 0.25) is 0 Å². The molecule has 21 heavy (non-hydrogen) atoms. The number of carbonyl (C=O) groups excluding carboxylic acids is 1. The average molecular weight is 284 g/mol. The van der Waals surface area contributed by atoms with Gasteiger partial charge in [-0.3, -0.25) is 0 Å². The summed E-state index contributed by atoms with van der Waals surface area (Å²) in [5.41, 5.74) is 1.11. The molecule has 4 nitrogen and oxygen atoms in total. The lowest BCUT2D eigenvalue weighted by Gasteiger charge is -2.09. The number of hydrogen-bond acceptors (Lipinski definition) is 3. The Labute approximate surface area is 123 Å². The molecule has 0 unspecified atom stereocenters. The fraction of sp³-hybridized carbons (Fsp3) is 0.176. The minimum absolute atomic E-state index is 0.0398. The number of carboxylic acid groups (broad SMARTS) is 1. The van der Waals surface area contributed by atoms with Crippen LogP contribution in [-0.2, 0) is 0 Å². The summed E-state index contributed by atoms with van der Waals surface area (Å²) < 4.78 is 5.22. The van der Waals surface area contributed by atoms with Crippen molar-refractivity contribution in [3.63, 3.8) is 0 Å². The minimum atomic E-state index is -1.15. The highest BCUT2D eigenvalue weighted by molar-refractivity contribution is 6.03. The zero-order chi connectivity index (χ0) is 15.4. The first-order valence-electron chi connectivity index (χ1n) is 6.63. The molecule has 0 spiro atoms. The molecular weight excluding hydrogens is 268 g/mol. The van der Waals surface area contributed by atoms with Crippen LogP contribution >= 0.6 is 0 Å². The molecule has 2 aromatic carbocycles. The quantitative estimate of drug-likeness (QED) is 0.686. The Morgan fingerprint density at radius 1 is 0.952 bits per heavy atom. The summed E-state index contributed by atoms with van der Waals surface area (Å²) in [4.78, 5) is 23.2. The van der Waals surface area contributed by atoms with Crippen molar-refractivity contribution in [3.05, 3.63) is 65.2 Å². The van der Waals surface area contributed by atoms with Crippen LogP contribution in [0.3, 0.4) is 0 Å². The largest absolute Gasteiger partial charge is 0.478 e. The molecule has 0 radical (unpaired) electrons. The van der Waals surface area contributed by atoms with E-state index in [2.05, 4.69) is 13.8 Å². The number of benzene rings is 2. The smallest absolute Gasteiger partial charge is 0.344 e. The average Bonchev–Trinajstić information content (AvgIpc) is 2.47. The molecule has 0 bridgehead atoms. The molecule has 0 heterocycles. The fourth-order valence-electron chi connectivity index (χ4n) is 1.93. The number of hydrogen-bond donors (Lipinski definition) is 1. The second-order valence-corrected chi connectivity index (χ2v) is 4.96. The molecule has 0 aromatic heterocycles. The molecule has 2 aromatic rings. The van der Waals surface area contributed by atoms with Crippen LogP contribution in [0.15, 0.2) is 48.5 Å². The third kappa shape index (κ3) is 3.48. The number of ether oxygens (including phenoxy) is 1. The van der Waals surface area contributed by atoms with Gasteiger partial charge in [-0.2, -0.15) is 0 Å². The lowest BCUT2D eigenvalue weighted by Crippen LogP contribution is -2.13. The van der Waals surface area contributed by atoms with Crippen LogP contribution in [0, 0.1) is 0 Å². The van der Waals surface area contributed by atoms with Gasteiger partial charge in [-0.05, 0) is 35.7 Å². The van der Waals surface area contributed by atoms with Crippen molar-refractivity contribution in [2.24, 2.45) is 0 Å². The Morgan fingerprint density at radius 3 is 2.05 bits per heavy atom. The predicted molar refractivity (Wildman–Crippen MR) is 78.9 cm³/mol. The molecule has 0 amide bonds. The molecule has 0 aliphatic rings. The number of rotatable bonds is 4. The van der Waals surface area contributed by atoms with Crippen LogP contribution < -0.4 is 4.74 Å². The van der Waals surface area contributed by atoms with E-state index in [1.54, 1.807) is 24.3 Å². The van der Waals surface area contributed by atoms with E-state index in [4.69, 9.17) is 9.84 Å². The van der Waals surface area contributed by atoms with E-state index >= 15 is 0 Å². The third-order valence-electron chi connectivity index (χ3n) is 3.13. The highest BCUT2D eigenvalue weighted by atomic mass is 16.5. The summed E-state index contributed by atoms with van der Waals surface area (Å²) in [5.74, 6) is -1.05. The maximum atomic E-state index is 12.1. The van der Waals surface area contributed by atoms with Crippen molar-refractivity contribution in [3.8, 4) is 5.75 Å². The SMILES string of the molecule is CC(C)c1ccc(OC(=O)c2ccccc2C(=O)O)cc1. The molecule has 0 saturated heterocycles. The summed E-state index contributed by atoms with van der Waals surface area (Å²) in [6.45, 7) is 4.15. The molecular formula is C17H16O4. The highest BCUT2D eigenvalue weighted by Gasteiger charge is 2.17. The first-order valence-corrected chi connectivity index (χ1v) is 6.63. The second-order valence-electron chi connectivity index (χ2n) is 4.96. The molecule has 1 N–H and O–H groups in total. The Balaban J connectivity index is 2.20. The molecule has 0 aliphatic heterocycles. The maximum Gasteiger partial charge on any atom is 0.344 e. The van der Waals surface area contributed by atoms with E-state index < -0.39 is 11.9 Å². The van der Waals surface area contributed by atoms with Crippen molar-refractivity contribution in [2.75, 3.05) is 0 Å². The van der Waals surface area contributed by atoms with Gasteiger partial charge in [-0.15, -0.1) is 0 Å². The van der Waals surface area contributed by atoms with Gasteiger partial charge >= 0.3 is 11.9 Å². The van der Waals surface area contributed by atoms with Crippen molar-refractivity contribution in [1.29, 1.82) is 0 Å². The lowest BCUT2D eigenvalue weighted by atomic mass is 10.0. The third-order valence-corrected chi connectivity index (χ3v) is 3.13. The van der Waals surface area contributed by atoms with Crippen LogP contribution in [-0.4, -0.2) is 17.0 Å². The standard InChI is InChI=1S/C17H16O4/c1-11(2)12-7-9-13(10-8-12)21-17(20)15-6-4-3-5-14(15)16(18)19/h3-11H,1-2H3,(H,18,19). The van der Waals surface area contributed by atoms with E-state index in [0.29, 0.717) is 11.7 Å². The van der Waals surface area contributed by atoms with E-state index in [1.807, 2.05) is 12.1 Å². The molecule has 4 heteroatoms. The zero-order valence-corrected chi connectivity index (χ0v) is 11.9. The second kappa shape index (κ2) is 6.22. The Morgan fingerprint density at radius 2 is 1.52 bits per heavy atom. The fourth-order valence-corrected chi connectivity index (χ4v) is 1.93. The first kappa shape index (κ1) is 14.8. The Hall–Kier alpha value is -2.62. The topological polar surface area (TPSA) is 63.6 Å². The first-order chi connectivity index (χ1) is 9.99. The van der Waals surface area contributed by atoms with Gasteiger partial charge in [0.05, 0.1) is 11.1 Å². The van der Waals surface area contributed by atoms with E-state index in [-0.39, 0.29) is 11.1 Å². The van der Waals surface area contributed by atoms with Crippen LogP contribution in [0.25, 0.3) is 0 Å². The zero-order valence-electron chi connectivity index (χ0n) is 11.9. The monoisotopic (exact) mass is 284 g/mol. The molecule has 2 rings (SSSR count). The van der Waals surface area contributed by atoms with Crippen LogP contribution in [0.1, 0.15) is 46.0 Å². The van der Waals surface area contributed by atoms with Gasteiger partial charge in [0.25, 0.3) is 0 Å². The van der Waals surface area contributed by atoms with Crippen molar-refractivity contribution in [1.82, 2.24) is 0 Å². The normalized spacial score (nSPS) is 10.4. The summed E-state index contributed by atoms with van der Waals surface area (Å²) in [7, 11) is 0. The predicted octanol–water partition coefficient (Wildman–Crippen LogP) is 3.73. The van der Waals surface area contributed by atoms with E-state index in [9.17, 15) is 9.59 Å². The number of aromatic carboxylic acids is 1. The van der Waals surface area contributed by atoms with E-state index in [1.165, 1.54) is 12.1 Å². The van der Waals surface area contributed by atoms with Crippen LogP contribution in [0.5, 0.6) is 5.75 Å². The van der Waals surface area contributed by atoms with Crippen LogP contribution in [0.2, 0.25) is 0 Å².